The maximum atomic E-state index is 11.9. The highest BCUT2D eigenvalue weighted by Crippen LogP contribution is 2.14. The van der Waals surface area contributed by atoms with Crippen molar-refractivity contribution in [2.45, 2.75) is 26.6 Å². The molecule has 0 aliphatic rings. The number of imidazole rings is 1. The van der Waals surface area contributed by atoms with Crippen LogP contribution in [-0.2, 0) is 19.6 Å². The van der Waals surface area contributed by atoms with E-state index in [0.29, 0.717) is 13.1 Å². The van der Waals surface area contributed by atoms with Crippen LogP contribution in [0.3, 0.4) is 0 Å². The van der Waals surface area contributed by atoms with Crippen molar-refractivity contribution in [3.05, 3.63) is 76.0 Å². The number of carbonyl (C=O) groups excluding carboxylic acids is 1. The predicted molar refractivity (Wildman–Crippen MR) is 95.9 cm³/mol. The number of nitrogens with one attached hydrogen (secondary N) is 2. The molecule has 0 saturated heterocycles. The van der Waals surface area contributed by atoms with Gasteiger partial charge < -0.3 is 15.2 Å². The normalized spacial score (nSPS) is 10.5. The maximum absolute atomic E-state index is 11.9. The van der Waals surface area contributed by atoms with Gasteiger partial charge in [0.2, 0.25) is 0 Å². The Bertz CT molecular complexity index is 794. The van der Waals surface area contributed by atoms with Crippen LogP contribution in [0.5, 0.6) is 0 Å². The molecular formula is C18H20N4OS. The molecule has 0 bridgehead atoms. The van der Waals surface area contributed by atoms with Crippen LogP contribution in [0.15, 0.2) is 54.9 Å². The average Bonchev–Trinajstić information content (AvgIpc) is 3.21. The van der Waals surface area contributed by atoms with Gasteiger partial charge in [0, 0.05) is 28.7 Å². The van der Waals surface area contributed by atoms with E-state index in [1.165, 1.54) is 10.4 Å². The fourth-order valence-corrected chi connectivity index (χ4v) is 3.23. The van der Waals surface area contributed by atoms with Crippen LogP contribution in [0.25, 0.3) is 0 Å². The summed E-state index contributed by atoms with van der Waals surface area (Å²) in [6.07, 6.45) is 3.68. The van der Waals surface area contributed by atoms with Crippen molar-refractivity contribution < 1.29 is 4.79 Å². The third-order valence-electron chi connectivity index (χ3n) is 3.62. The second-order valence-corrected chi connectivity index (χ2v) is 6.88. The molecule has 3 aromatic rings. The summed E-state index contributed by atoms with van der Waals surface area (Å²) in [5.74, 6) is 0.834. The van der Waals surface area contributed by atoms with Gasteiger partial charge in [0.15, 0.2) is 0 Å². The second-order valence-electron chi connectivity index (χ2n) is 5.51. The van der Waals surface area contributed by atoms with Gasteiger partial charge in [0.1, 0.15) is 5.82 Å². The average molecular weight is 340 g/mol. The van der Waals surface area contributed by atoms with Crippen molar-refractivity contribution in [3.63, 3.8) is 0 Å². The first-order valence-corrected chi connectivity index (χ1v) is 8.63. The molecule has 0 aliphatic heterocycles. The van der Waals surface area contributed by atoms with Crippen molar-refractivity contribution in [2.75, 3.05) is 0 Å². The SMILES string of the molecule is Cc1ccc(CNC(=O)NCc2nccn2Cc2ccccc2)s1. The zero-order valence-corrected chi connectivity index (χ0v) is 14.3. The number of amides is 2. The summed E-state index contributed by atoms with van der Waals surface area (Å²) < 4.78 is 2.04. The zero-order valence-electron chi connectivity index (χ0n) is 13.5. The largest absolute Gasteiger partial charge is 0.333 e. The molecule has 24 heavy (non-hydrogen) atoms. The van der Waals surface area contributed by atoms with E-state index in [1.54, 1.807) is 17.5 Å². The third kappa shape index (κ3) is 4.45. The Labute approximate surface area is 145 Å². The highest BCUT2D eigenvalue weighted by Gasteiger charge is 2.06. The van der Waals surface area contributed by atoms with Crippen molar-refractivity contribution in [3.8, 4) is 0 Å². The summed E-state index contributed by atoms with van der Waals surface area (Å²) in [6.45, 7) is 3.74. The summed E-state index contributed by atoms with van der Waals surface area (Å²) in [5, 5.41) is 5.73. The van der Waals surface area contributed by atoms with Gasteiger partial charge in [0.25, 0.3) is 0 Å². The number of hydrogen-bond acceptors (Lipinski definition) is 3. The molecule has 2 aromatic heterocycles. The minimum absolute atomic E-state index is 0.185. The zero-order chi connectivity index (χ0) is 16.8. The molecule has 0 radical (unpaired) electrons. The molecule has 2 heterocycles. The van der Waals surface area contributed by atoms with Crippen LogP contribution in [0.2, 0.25) is 0 Å². The fraction of sp³-hybridized carbons (Fsp3) is 0.222. The van der Waals surface area contributed by atoms with Gasteiger partial charge in [-0.3, -0.25) is 0 Å². The molecule has 5 nitrogen and oxygen atoms in total. The van der Waals surface area contributed by atoms with E-state index in [9.17, 15) is 4.79 Å². The number of carbonyl (C=O) groups is 1. The van der Waals surface area contributed by atoms with Crippen LogP contribution < -0.4 is 10.6 Å². The molecule has 2 N–H and O–H groups in total. The molecule has 0 spiro atoms. The smallest absolute Gasteiger partial charge is 0.315 e. The Morgan fingerprint density at radius 2 is 1.92 bits per heavy atom. The lowest BCUT2D eigenvalue weighted by atomic mass is 10.2. The Morgan fingerprint density at radius 3 is 2.67 bits per heavy atom. The molecule has 0 saturated carbocycles. The van der Waals surface area contributed by atoms with Gasteiger partial charge in [-0.2, -0.15) is 0 Å². The first-order valence-electron chi connectivity index (χ1n) is 7.81. The monoisotopic (exact) mass is 340 g/mol. The van der Waals surface area contributed by atoms with Gasteiger partial charge in [-0.15, -0.1) is 11.3 Å². The summed E-state index contributed by atoms with van der Waals surface area (Å²) in [6, 6.07) is 14.1. The van der Waals surface area contributed by atoms with Crippen molar-refractivity contribution in [1.29, 1.82) is 0 Å². The van der Waals surface area contributed by atoms with E-state index in [0.717, 1.165) is 17.2 Å². The first-order chi connectivity index (χ1) is 11.7. The Morgan fingerprint density at radius 1 is 1.12 bits per heavy atom. The lowest BCUT2D eigenvalue weighted by Crippen LogP contribution is -2.35. The first kappa shape index (κ1) is 16.3. The van der Waals surface area contributed by atoms with Gasteiger partial charge >= 0.3 is 6.03 Å². The maximum Gasteiger partial charge on any atom is 0.315 e. The molecule has 2 amide bonds. The van der Waals surface area contributed by atoms with Crippen molar-refractivity contribution >= 4 is 17.4 Å². The molecule has 6 heteroatoms. The minimum Gasteiger partial charge on any atom is -0.333 e. The number of hydrogen-bond donors (Lipinski definition) is 2. The fourth-order valence-electron chi connectivity index (χ4n) is 2.40. The van der Waals surface area contributed by atoms with Gasteiger partial charge in [-0.1, -0.05) is 30.3 Å². The van der Waals surface area contributed by atoms with Crippen LogP contribution in [0.1, 0.15) is 21.1 Å². The molecule has 0 fully saturated rings. The number of rotatable bonds is 6. The molecule has 124 valence electrons. The number of nitrogens with zero attached hydrogens (tertiary/aromatic N) is 2. The van der Waals surface area contributed by atoms with Gasteiger partial charge in [-0.25, -0.2) is 9.78 Å². The number of urea groups is 1. The summed E-state index contributed by atoms with van der Waals surface area (Å²) >= 11 is 1.69. The lowest BCUT2D eigenvalue weighted by Gasteiger charge is -2.10. The molecule has 1 aromatic carbocycles. The number of benzene rings is 1. The quantitative estimate of drug-likeness (QED) is 0.723. The topological polar surface area (TPSA) is 59.0 Å². The Balaban J connectivity index is 1.50. The van der Waals surface area contributed by atoms with Crippen LogP contribution >= 0.6 is 11.3 Å². The van der Waals surface area contributed by atoms with Crippen LogP contribution in [0.4, 0.5) is 4.79 Å². The Kier molecular flexibility index (Phi) is 5.28. The van der Waals surface area contributed by atoms with E-state index in [4.69, 9.17) is 0 Å². The van der Waals surface area contributed by atoms with E-state index < -0.39 is 0 Å². The van der Waals surface area contributed by atoms with Crippen molar-refractivity contribution in [2.24, 2.45) is 0 Å². The minimum atomic E-state index is -0.185. The third-order valence-corrected chi connectivity index (χ3v) is 4.62. The molecule has 0 atom stereocenters. The van der Waals surface area contributed by atoms with Crippen LogP contribution in [-0.4, -0.2) is 15.6 Å². The van der Waals surface area contributed by atoms with E-state index in [2.05, 4.69) is 40.7 Å². The number of thiophene rings is 1. The van der Waals surface area contributed by atoms with Gasteiger partial charge in [-0.05, 0) is 24.6 Å². The van der Waals surface area contributed by atoms with Gasteiger partial charge in [0.05, 0.1) is 13.1 Å². The lowest BCUT2D eigenvalue weighted by molar-refractivity contribution is 0.240. The number of aromatic nitrogens is 2. The summed E-state index contributed by atoms with van der Waals surface area (Å²) in [4.78, 5) is 18.7. The predicted octanol–water partition coefficient (Wildman–Crippen LogP) is 3.30. The van der Waals surface area contributed by atoms with Crippen LogP contribution in [0, 0.1) is 6.92 Å². The summed E-state index contributed by atoms with van der Waals surface area (Å²) in [5.41, 5.74) is 1.20. The molecular weight excluding hydrogens is 320 g/mol. The number of aryl methyl sites for hydroxylation is 1. The molecule has 0 aliphatic carbocycles. The molecule has 3 rings (SSSR count). The second kappa shape index (κ2) is 7.79. The van der Waals surface area contributed by atoms with E-state index >= 15 is 0 Å². The summed E-state index contributed by atoms with van der Waals surface area (Å²) in [7, 11) is 0. The molecule has 0 unspecified atom stereocenters. The highest BCUT2D eigenvalue weighted by atomic mass is 32.1. The van der Waals surface area contributed by atoms with E-state index in [-0.39, 0.29) is 6.03 Å². The van der Waals surface area contributed by atoms with Crippen molar-refractivity contribution in [1.82, 2.24) is 20.2 Å². The highest BCUT2D eigenvalue weighted by molar-refractivity contribution is 7.11. The Hall–Kier alpha value is -2.60. The van der Waals surface area contributed by atoms with E-state index in [1.807, 2.05) is 35.0 Å². The standard InChI is InChI=1S/C18H20N4OS/c1-14-7-8-16(24-14)11-20-18(23)21-12-17-19-9-10-22(17)13-15-5-3-2-4-6-15/h2-10H,11-13H2,1H3,(H2,20,21,23).